The number of guanidine groups is 1. The predicted molar refractivity (Wildman–Crippen MR) is 92.3 cm³/mol. The van der Waals surface area contributed by atoms with E-state index in [1.807, 2.05) is 0 Å². The first kappa shape index (κ1) is 19.7. The van der Waals surface area contributed by atoms with Gasteiger partial charge in [0.05, 0.1) is 19.3 Å². The Kier molecular flexibility index (Phi) is 6.63. The number of ether oxygens (including phenoxy) is 2. The monoisotopic (exact) mass is 378 g/mol. The molecule has 6 nitrogen and oxygen atoms in total. The van der Waals surface area contributed by atoms with E-state index < -0.39 is 12.7 Å². The third-order valence-electron chi connectivity index (χ3n) is 5.31. The summed E-state index contributed by atoms with van der Waals surface area (Å²) in [6, 6.07) is 0. The molecule has 0 radical (unpaired) electrons. The number of nitrogens with zero attached hydrogens (tertiary/aromatic N) is 3. The van der Waals surface area contributed by atoms with Crippen LogP contribution in [0.2, 0.25) is 0 Å². The van der Waals surface area contributed by atoms with E-state index in [1.54, 1.807) is 7.05 Å². The summed E-state index contributed by atoms with van der Waals surface area (Å²) in [5, 5.41) is 3.35. The maximum Gasteiger partial charge on any atom is 0.401 e. The van der Waals surface area contributed by atoms with Crippen molar-refractivity contribution in [3.05, 3.63) is 0 Å². The van der Waals surface area contributed by atoms with Crippen LogP contribution in [0.1, 0.15) is 19.3 Å². The van der Waals surface area contributed by atoms with Crippen molar-refractivity contribution in [2.24, 2.45) is 10.9 Å². The molecule has 26 heavy (non-hydrogen) atoms. The van der Waals surface area contributed by atoms with Gasteiger partial charge in [0.15, 0.2) is 5.96 Å². The zero-order valence-corrected chi connectivity index (χ0v) is 15.3. The van der Waals surface area contributed by atoms with Crippen LogP contribution < -0.4 is 5.32 Å². The van der Waals surface area contributed by atoms with Crippen molar-refractivity contribution < 1.29 is 22.6 Å². The van der Waals surface area contributed by atoms with Gasteiger partial charge in [0.1, 0.15) is 6.10 Å². The van der Waals surface area contributed by atoms with E-state index in [2.05, 4.69) is 15.2 Å². The number of aliphatic imine (C=N–C) groups is 1. The molecule has 3 unspecified atom stereocenters. The molecular weight excluding hydrogens is 349 g/mol. The first-order valence-electron chi connectivity index (χ1n) is 9.42. The van der Waals surface area contributed by atoms with Gasteiger partial charge in [-0.15, -0.1) is 0 Å². The second-order valence-corrected chi connectivity index (χ2v) is 7.34. The van der Waals surface area contributed by atoms with Gasteiger partial charge in [-0.1, -0.05) is 0 Å². The largest absolute Gasteiger partial charge is 0.401 e. The van der Waals surface area contributed by atoms with Crippen LogP contribution in [-0.4, -0.2) is 93.7 Å². The number of nitrogens with one attached hydrogen (secondary N) is 1. The topological polar surface area (TPSA) is 49.3 Å². The summed E-state index contributed by atoms with van der Waals surface area (Å²) in [4.78, 5) is 8.00. The average molecular weight is 378 g/mol. The Morgan fingerprint density at radius 2 is 1.92 bits per heavy atom. The summed E-state index contributed by atoms with van der Waals surface area (Å²) in [5.74, 6) is 1.01. The van der Waals surface area contributed by atoms with Gasteiger partial charge in [-0.2, -0.15) is 13.2 Å². The molecule has 0 aliphatic carbocycles. The minimum Gasteiger partial charge on any atom is -0.375 e. The quantitative estimate of drug-likeness (QED) is 0.591. The van der Waals surface area contributed by atoms with Gasteiger partial charge in [0.2, 0.25) is 0 Å². The van der Waals surface area contributed by atoms with Crippen LogP contribution in [-0.2, 0) is 9.47 Å². The maximum atomic E-state index is 12.5. The molecule has 3 saturated heterocycles. The molecule has 0 aromatic carbocycles. The highest BCUT2D eigenvalue weighted by Gasteiger charge is 2.35. The molecule has 0 bridgehead atoms. The number of likely N-dealkylation sites (tertiary alicyclic amines) is 1. The van der Waals surface area contributed by atoms with Gasteiger partial charge in [-0.3, -0.25) is 9.89 Å². The van der Waals surface area contributed by atoms with E-state index in [1.165, 1.54) is 4.90 Å². The number of rotatable bonds is 4. The number of halogens is 3. The van der Waals surface area contributed by atoms with Crippen molar-refractivity contribution in [2.75, 3.05) is 59.5 Å². The average Bonchev–Trinajstić information content (AvgIpc) is 3.26. The molecule has 3 heterocycles. The van der Waals surface area contributed by atoms with Crippen LogP contribution in [0.5, 0.6) is 0 Å². The van der Waals surface area contributed by atoms with E-state index >= 15 is 0 Å². The Morgan fingerprint density at radius 3 is 2.62 bits per heavy atom. The molecule has 0 aromatic heterocycles. The van der Waals surface area contributed by atoms with Crippen LogP contribution in [0.25, 0.3) is 0 Å². The zero-order valence-electron chi connectivity index (χ0n) is 15.3. The van der Waals surface area contributed by atoms with Crippen molar-refractivity contribution >= 4 is 5.96 Å². The third-order valence-corrected chi connectivity index (χ3v) is 5.31. The van der Waals surface area contributed by atoms with Gasteiger partial charge < -0.3 is 19.7 Å². The molecule has 3 rings (SSSR count). The molecule has 1 N–H and O–H groups in total. The van der Waals surface area contributed by atoms with Gasteiger partial charge in [-0.25, -0.2) is 0 Å². The highest BCUT2D eigenvalue weighted by Crippen LogP contribution is 2.23. The van der Waals surface area contributed by atoms with Crippen molar-refractivity contribution in [1.82, 2.24) is 15.1 Å². The van der Waals surface area contributed by atoms with E-state index in [0.717, 1.165) is 44.9 Å². The number of alkyl halides is 3. The fraction of sp³-hybridized carbons (Fsp3) is 0.941. The van der Waals surface area contributed by atoms with E-state index in [4.69, 9.17) is 9.47 Å². The minimum atomic E-state index is -4.12. The smallest absolute Gasteiger partial charge is 0.375 e. The summed E-state index contributed by atoms with van der Waals surface area (Å²) in [5.41, 5.74) is 0. The van der Waals surface area contributed by atoms with Crippen LogP contribution in [0.4, 0.5) is 13.2 Å². The van der Waals surface area contributed by atoms with E-state index in [-0.39, 0.29) is 18.1 Å². The first-order chi connectivity index (χ1) is 12.4. The molecule has 3 atom stereocenters. The molecule has 150 valence electrons. The van der Waals surface area contributed by atoms with Crippen molar-refractivity contribution in [2.45, 2.75) is 37.6 Å². The summed E-state index contributed by atoms with van der Waals surface area (Å²) < 4.78 is 49.1. The standard InChI is InChI=1S/C17H29F3N4O2/c1-21-16(22-9-13-4-5-23(10-13)12-17(18,19)20)24-6-8-26-15(11-24)14-3-2-7-25-14/h13-15H,2-12H2,1H3,(H,21,22). The lowest BCUT2D eigenvalue weighted by Gasteiger charge is -2.37. The Hall–Kier alpha value is -1.06. The molecule has 3 aliphatic rings. The zero-order chi connectivity index (χ0) is 18.6. The SMILES string of the molecule is CN=C(NCC1CCN(CC(F)(F)F)C1)N1CCOC(C2CCCO2)C1. The van der Waals surface area contributed by atoms with Gasteiger partial charge in [-0.05, 0) is 31.7 Å². The lowest BCUT2D eigenvalue weighted by molar-refractivity contribution is -0.143. The lowest BCUT2D eigenvalue weighted by atomic mass is 10.1. The molecule has 3 aliphatic heterocycles. The van der Waals surface area contributed by atoms with Gasteiger partial charge in [0.25, 0.3) is 0 Å². The second-order valence-electron chi connectivity index (χ2n) is 7.34. The fourth-order valence-electron chi connectivity index (χ4n) is 4.03. The van der Waals surface area contributed by atoms with Crippen LogP contribution in [0.15, 0.2) is 4.99 Å². The maximum absolute atomic E-state index is 12.5. The molecular formula is C17H29F3N4O2. The Bertz CT molecular complexity index is 483. The molecule has 0 amide bonds. The van der Waals surface area contributed by atoms with Crippen LogP contribution in [0, 0.1) is 5.92 Å². The van der Waals surface area contributed by atoms with E-state index in [0.29, 0.717) is 26.2 Å². The summed E-state index contributed by atoms with van der Waals surface area (Å²) in [7, 11) is 1.74. The van der Waals surface area contributed by atoms with Crippen LogP contribution >= 0.6 is 0 Å². The lowest BCUT2D eigenvalue weighted by Crippen LogP contribution is -2.53. The van der Waals surface area contributed by atoms with Crippen molar-refractivity contribution in [3.8, 4) is 0 Å². The number of hydrogen-bond acceptors (Lipinski definition) is 4. The number of morpholine rings is 1. The highest BCUT2D eigenvalue weighted by molar-refractivity contribution is 5.80. The summed E-state index contributed by atoms with van der Waals surface area (Å²) >= 11 is 0. The number of hydrogen-bond donors (Lipinski definition) is 1. The van der Waals surface area contributed by atoms with Crippen molar-refractivity contribution in [1.29, 1.82) is 0 Å². The second kappa shape index (κ2) is 8.75. The summed E-state index contributed by atoms with van der Waals surface area (Å²) in [6.45, 7) is 3.73. The summed E-state index contributed by atoms with van der Waals surface area (Å²) in [6.07, 6.45) is -1.03. The van der Waals surface area contributed by atoms with Crippen LogP contribution in [0.3, 0.4) is 0 Å². The normalized spacial score (nSPS) is 31.6. The molecule has 0 saturated carbocycles. The third kappa shape index (κ3) is 5.47. The Morgan fingerprint density at radius 1 is 1.12 bits per heavy atom. The van der Waals surface area contributed by atoms with E-state index in [9.17, 15) is 13.2 Å². The van der Waals surface area contributed by atoms with Crippen molar-refractivity contribution in [3.63, 3.8) is 0 Å². The highest BCUT2D eigenvalue weighted by atomic mass is 19.4. The fourth-order valence-corrected chi connectivity index (χ4v) is 4.03. The predicted octanol–water partition coefficient (Wildman–Crippen LogP) is 1.33. The minimum absolute atomic E-state index is 0.0542. The molecule has 9 heteroatoms. The van der Waals surface area contributed by atoms with Gasteiger partial charge in [0, 0.05) is 39.8 Å². The Labute approximate surface area is 152 Å². The first-order valence-corrected chi connectivity index (χ1v) is 9.42. The van der Waals surface area contributed by atoms with Gasteiger partial charge >= 0.3 is 6.18 Å². The molecule has 0 aromatic rings. The molecule has 0 spiro atoms. The Balaban J connectivity index is 1.44. The molecule has 3 fully saturated rings.